The quantitative estimate of drug-likeness (QED) is 0.641. The number of aromatic carboxylic acids is 1. The molecule has 28 heavy (non-hydrogen) atoms. The summed E-state index contributed by atoms with van der Waals surface area (Å²) >= 11 is 0. The molecule has 7 nitrogen and oxygen atoms in total. The fraction of sp³-hybridized carbons (Fsp3) is 0.118. The van der Waals surface area contributed by atoms with Gasteiger partial charge in [0.25, 0.3) is 0 Å². The van der Waals surface area contributed by atoms with E-state index < -0.39 is 29.2 Å². The van der Waals surface area contributed by atoms with Crippen LogP contribution in [0.1, 0.15) is 21.7 Å². The normalized spacial score (nSPS) is 11.3. The van der Waals surface area contributed by atoms with E-state index in [1.807, 2.05) is 0 Å². The number of hydrogen-bond donors (Lipinski definition) is 2. The Morgan fingerprint density at radius 1 is 1.18 bits per heavy atom. The summed E-state index contributed by atoms with van der Waals surface area (Å²) in [5.41, 5.74) is -1.55. The number of carboxylic acids is 1. The van der Waals surface area contributed by atoms with E-state index in [-0.39, 0.29) is 29.4 Å². The minimum Gasteiger partial charge on any atom is -0.477 e. The molecule has 0 spiro atoms. The predicted octanol–water partition coefficient (Wildman–Crippen LogP) is 3.40. The summed E-state index contributed by atoms with van der Waals surface area (Å²) in [6.45, 7) is -0.122. The Labute approximate surface area is 155 Å². The second-order valence-electron chi connectivity index (χ2n) is 5.51. The maximum atomic E-state index is 13.7. The molecule has 0 saturated heterocycles. The topological polar surface area (TPSA) is 101 Å². The molecule has 0 bridgehead atoms. The largest absolute Gasteiger partial charge is 0.477 e. The van der Waals surface area contributed by atoms with Crippen LogP contribution < -0.4 is 5.32 Å². The summed E-state index contributed by atoms with van der Waals surface area (Å²) < 4.78 is 52.3. The molecular formula is C17H11F4N5O2. The van der Waals surface area contributed by atoms with Gasteiger partial charge in [0, 0.05) is 30.2 Å². The zero-order valence-corrected chi connectivity index (χ0v) is 13.9. The number of aromatic nitrogens is 4. The molecule has 2 N–H and O–H groups in total. The van der Waals surface area contributed by atoms with Crippen LogP contribution in [0, 0.1) is 5.82 Å². The first kappa shape index (κ1) is 19.1. The van der Waals surface area contributed by atoms with Crippen LogP contribution in [0.3, 0.4) is 0 Å². The molecule has 144 valence electrons. The molecule has 0 amide bonds. The van der Waals surface area contributed by atoms with Gasteiger partial charge in [-0.25, -0.2) is 19.2 Å². The average molecular weight is 393 g/mol. The fourth-order valence-electron chi connectivity index (χ4n) is 2.22. The highest BCUT2D eigenvalue weighted by atomic mass is 19.4. The Hall–Kier alpha value is -3.63. The molecule has 3 aromatic heterocycles. The molecule has 0 saturated carbocycles. The third-order valence-electron chi connectivity index (χ3n) is 3.54. The monoisotopic (exact) mass is 393 g/mol. The van der Waals surface area contributed by atoms with Crippen LogP contribution in [0.5, 0.6) is 0 Å². The minimum absolute atomic E-state index is 0.0233. The van der Waals surface area contributed by atoms with Crippen LogP contribution in [0.25, 0.3) is 11.4 Å². The first-order valence-corrected chi connectivity index (χ1v) is 7.72. The van der Waals surface area contributed by atoms with Crippen molar-refractivity contribution in [3.05, 3.63) is 65.6 Å². The lowest BCUT2D eigenvalue weighted by molar-refractivity contribution is -0.137. The maximum absolute atomic E-state index is 13.7. The number of nitrogens with zero attached hydrogens (tertiary/aromatic N) is 4. The van der Waals surface area contributed by atoms with Crippen molar-refractivity contribution in [3.63, 3.8) is 0 Å². The summed E-state index contributed by atoms with van der Waals surface area (Å²) in [7, 11) is 0. The number of alkyl halides is 3. The van der Waals surface area contributed by atoms with E-state index in [1.54, 1.807) is 0 Å². The summed E-state index contributed by atoms with van der Waals surface area (Å²) in [5.74, 6) is -2.28. The smallest absolute Gasteiger partial charge is 0.417 e. The SMILES string of the molecule is O=C(O)c1cc(NCc2ncccc2F)nc(-c2cncc(C(F)(F)F)c2)n1. The van der Waals surface area contributed by atoms with Crippen LogP contribution >= 0.6 is 0 Å². The van der Waals surface area contributed by atoms with Crippen molar-refractivity contribution >= 4 is 11.8 Å². The number of hydrogen-bond acceptors (Lipinski definition) is 6. The maximum Gasteiger partial charge on any atom is 0.417 e. The van der Waals surface area contributed by atoms with Gasteiger partial charge in [-0.1, -0.05) is 0 Å². The van der Waals surface area contributed by atoms with Gasteiger partial charge in [-0.15, -0.1) is 0 Å². The fourth-order valence-corrected chi connectivity index (χ4v) is 2.22. The van der Waals surface area contributed by atoms with Gasteiger partial charge in [0.2, 0.25) is 0 Å². The van der Waals surface area contributed by atoms with E-state index in [9.17, 15) is 27.5 Å². The first-order chi connectivity index (χ1) is 13.2. The number of anilines is 1. The second kappa shape index (κ2) is 7.55. The lowest BCUT2D eigenvalue weighted by Crippen LogP contribution is -2.10. The highest BCUT2D eigenvalue weighted by Gasteiger charge is 2.31. The predicted molar refractivity (Wildman–Crippen MR) is 88.7 cm³/mol. The van der Waals surface area contributed by atoms with E-state index in [0.717, 1.165) is 18.3 Å². The Morgan fingerprint density at radius 3 is 2.64 bits per heavy atom. The molecule has 0 aliphatic carbocycles. The van der Waals surface area contributed by atoms with Gasteiger partial charge in [0.05, 0.1) is 17.8 Å². The van der Waals surface area contributed by atoms with Crippen molar-refractivity contribution in [3.8, 4) is 11.4 Å². The molecule has 3 heterocycles. The molecule has 3 aromatic rings. The highest BCUT2D eigenvalue weighted by molar-refractivity contribution is 5.87. The second-order valence-corrected chi connectivity index (χ2v) is 5.51. The minimum atomic E-state index is -4.63. The molecule has 0 aromatic carbocycles. The van der Waals surface area contributed by atoms with E-state index in [0.29, 0.717) is 6.20 Å². The zero-order chi connectivity index (χ0) is 20.3. The Balaban J connectivity index is 1.96. The van der Waals surface area contributed by atoms with Crippen LogP contribution in [0.4, 0.5) is 23.4 Å². The Kier molecular flexibility index (Phi) is 5.16. The van der Waals surface area contributed by atoms with Crippen molar-refractivity contribution in [2.24, 2.45) is 0 Å². The lowest BCUT2D eigenvalue weighted by Gasteiger charge is -2.10. The van der Waals surface area contributed by atoms with Gasteiger partial charge in [-0.05, 0) is 18.2 Å². The number of carboxylic acid groups (broad SMARTS) is 1. The molecule has 0 unspecified atom stereocenters. The number of halogens is 4. The van der Waals surface area contributed by atoms with Crippen molar-refractivity contribution in [2.45, 2.75) is 12.7 Å². The van der Waals surface area contributed by atoms with E-state index >= 15 is 0 Å². The van der Waals surface area contributed by atoms with Gasteiger partial charge >= 0.3 is 12.1 Å². The van der Waals surface area contributed by atoms with Gasteiger partial charge in [0.15, 0.2) is 11.5 Å². The first-order valence-electron chi connectivity index (χ1n) is 7.72. The lowest BCUT2D eigenvalue weighted by atomic mass is 10.2. The van der Waals surface area contributed by atoms with Crippen LogP contribution in [-0.4, -0.2) is 31.0 Å². The molecular weight excluding hydrogens is 382 g/mol. The van der Waals surface area contributed by atoms with Crippen molar-refractivity contribution < 1.29 is 27.5 Å². The van der Waals surface area contributed by atoms with E-state index in [1.165, 1.54) is 18.3 Å². The summed E-state index contributed by atoms with van der Waals surface area (Å²) in [5, 5.41) is 11.9. The molecule has 0 aliphatic rings. The van der Waals surface area contributed by atoms with Crippen LogP contribution in [0.15, 0.2) is 42.9 Å². The summed E-state index contributed by atoms with van der Waals surface area (Å²) in [6, 6.07) is 4.45. The highest BCUT2D eigenvalue weighted by Crippen LogP contribution is 2.31. The van der Waals surface area contributed by atoms with Gasteiger partial charge < -0.3 is 10.4 Å². The van der Waals surface area contributed by atoms with E-state index in [4.69, 9.17) is 0 Å². The van der Waals surface area contributed by atoms with E-state index in [2.05, 4.69) is 25.3 Å². The van der Waals surface area contributed by atoms with Gasteiger partial charge in [-0.3, -0.25) is 9.97 Å². The molecule has 0 atom stereocenters. The van der Waals surface area contributed by atoms with Gasteiger partial charge in [0.1, 0.15) is 11.6 Å². The third-order valence-corrected chi connectivity index (χ3v) is 3.54. The Morgan fingerprint density at radius 2 is 1.96 bits per heavy atom. The van der Waals surface area contributed by atoms with Crippen LogP contribution in [0.2, 0.25) is 0 Å². The van der Waals surface area contributed by atoms with Crippen molar-refractivity contribution in [1.82, 2.24) is 19.9 Å². The number of rotatable bonds is 5. The van der Waals surface area contributed by atoms with Crippen molar-refractivity contribution in [2.75, 3.05) is 5.32 Å². The molecule has 0 aliphatic heterocycles. The molecule has 0 radical (unpaired) electrons. The van der Waals surface area contributed by atoms with Crippen LogP contribution in [-0.2, 0) is 12.7 Å². The Bertz CT molecular complexity index is 1030. The number of carbonyl (C=O) groups is 1. The standard InChI is InChI=1S/C17H11F4N5O2/c18-11-2-1-3-23-13(11)8-24-14-5-12(16(27)28)25-15(26-14)9-4-10(7-22-6-9)17(19,20)21/h1-7H,8H2,(H,27,28)(H,24,25,26). The average Bonchev–Trinajstić information content (AvgIpc) is 2.66. The zero-order valence-electron chi connectivity index (χ0n) is 13.9. The van der Waals surface area contributed by atoms with Crippen molar-refractivity contribution in [1.29, 1.82) is 0 Å². The number of nitrogens with one attached hydrogen (secondary N) is 1. The summed E-state index contributed by atoms with van der Waals surface area (Å²) in [6.07, 6.45) is -1.54. The third kappa shape index (κ3) is 4.37. The summed E-state index contributed by atoms with van der Waals surface area (Å²) in [4.78, 5) is 26.4. The number of pyridine rings is 2. The molecule has 3 rings (SSSR count). The van der Waals surface area contributed by atoms with Gasteiger partial charge in [-0.2, -0.15) is 13.2 Å². The molecule has 11 heteroatoms. The molecule has 0 fully saturated rings.